The summed E-state index contributed by atoms with van der Waals surface area (Å²) < 4.78 is 7.38. The smallest absolute Gasteiger partial charge is 0.134 e. The maximum atomic E-state index is 5.18. The number of benzene rings is 2. The fourth-order valence-corrected chi connectivity index (χ4v) is 2.54. The molecule has 0 spiro atoms. The van der Waals surface area contributed by atoms with Crippen LogP contribution in [0.1, 0.15) is 18.3 Å². The van der Waals surface area contributed by atoms with E-state index in [1.807, 2.05) is 55.5 Å². The molecule has 3 rings (SSSR count). The van der Waals surface area contributed by atoms with Gasteiger partial charge < -0.3 is 9.30 Å². The molecule has 0 saturated carbocycles. The number of aromatic nitrogens is 2. The van der Waals surface area contributed by atoms with E-state index in [9.17, 15) is 0 Å². The number of allylic oxidation sites excluding steroid dienone is 1. The van der Waals surface area contributed by atoms with E-state index in [0.717, 1.165) is 40.3 Å². The Balaban J connectivity index is 1.97. The van der Waals surface area contributed by atoms with Crippen LogP contribution in [0.4, 0.5) is 0 Å². The first-order chi connectivity index (χ1) is 11.2. The van der Waals surface area contributed by atoms with Gasteiger partial charge in [0.2, 0.25) is 0 Å². The van der Waals surface area contributed by atoms with Crippen molar-refractivity contribution >= 4 is 23.2 Å². The fraction of sp³-hybridized carbons (Fsp3) is 0.150. The van der Waals surface area contributed by atoms with Crippen LogP contribution in [0.3, 0.4) is 0 Å². The van der Waals surface area contributed by atoms with Crippen LogP contribution in [-0.4, -0.2) is 16.7 Å². The van der Waals surface area contributed by atoms with Gasteiger partial charge in [-0.2, -0.15) is 0 Å². The van der Waals surface area contributed by atoms with Gasteiger partial charge in [-0.25, -0.2) is 4.98 Å². The summed E-state index contributed by atoms with van der Waals surface area (Å²) in [6.45, 7) is 6.83. The Bertz CT molecular complexity index is 857. The van der Waals surface area contributed by atoms with Crippen LogP contribution in [0, 0.1) is 0 Å². The van der Waals surface area contributed by atoms with Gasteiger partial charge >= 0.3 is 0 Å². The summed E-state index contributed by atoms with van der Waals surface area (Å²) >= 11 is 0. The standard InChI is InChI=1S/C20H20N2O/c1-15(2)14-22-19-7-5-4-6-18(19)21-20(22)13-10-16-8-11-17(23-3)12-9-16/h4-13H,1,14H2,2-3H3. The lowest BCUT2D eigenvalue weighted by molar-refractivity contribution is 0.415. The number of imidazole rings is 1. The second-order valence-electron chi connectivity index (χ2n) is 5.61. The summed E-state index contributed by atoms with van der Waals surface area (Å²) in [7, 11) is 1.67. The molecule has 0 bridgehead atoms. The van der Waals surface area contributed by atoms with Gasteiger partial charge in [0.25, 0.3) is 0 Å². The van der Waals surface area contributed by atoms with Crippen molar-refractivity contribution < 1.29 is 4.74 Å². The highest BCUT2D eigenvalue weighted by Gasteiger charge is 2.07. The minimum atomic E-state index is 0.767. The van der Waals surface area contributed by atoms with Crippen LogP contribution in [-0.2, 0) is 6.54 Å². The molecule has 0 saturated heterocycles. The number of para-hydroxylation sites is 2. The maximum Gasteiger partial charge on any atom is 0.134 e. The first-order valence-corrected chi connectivity index (χ1v) is 7.59. The third-order valence-corrected chi connectivity index (χ3v) is 3.65. The Labute approximate surface area is 136 Å². The molecule has 0 aliphatic rings. The zero-order valence-corrected chi connectivity index (χ0v) is 13.5. The Morgan fingerprint density at radius 3 is 2.57 bits per heavy atom. The van der Waals surface area contributed by atoms with E-state index in [1.165, 1.54) is 0 Å². The summed E-state index contributed by atoms with van der Waals surface area (Å²) in [6.07, 6.45) is 4.11. The number of hydrogen-bond acceptors (Lipinski definition) is 2. The Hall–Kier alpha value is -2.81. The summed E-state index contributed by atoms with van der Waals surface area (Å²) in [6, 6.07) is 16.1. The summed E-state index contributed by atoms with van der Waals surface area (Å²) in [5, 5.41) is 0. The van der Waals surface area contributed by atoms with Crippen molar-refractivity contribution in [1.82, 2.24) is 9.55 Å². The number of fused-ring (bicyclic) bond motifs is 1. The highest BCUT2D eigenvalue weighted by atomic mass is 16.5. The van der Waals surface area contributed by atoms with Crippen LogP contribution in [0.5, 0.6) is 5.75 Å². The molecule has 0 aliphatic carbocycles. The summed E-state index contributed by atoms with van der Waals surface area (Å²) in [4.78, 5) is 4.72. The van der Waals surface area contributed by atoms with E-state index in [1.54, 1.807) is 7.11 Å². The lowest BCUT2D eigenvalue weighted by atomic mass is 10.2. The fourth-order valence-electron chi connectivity index (χ4n) is 2.54. The van der Waals surface area contributed by atoms with Crippen molar-refractivity contribution in [2.75, 3.05) is 7.11 Å². The average Bonchev–Trinajstić information content (AvgIpc) is 2.91. The normalized spacial score (nSPS) is 11.2. The molecule has 0 aliphatic heterocycles. The predicted molar refractivity (Wildman–Crippen MR) is 96.5 cm³/mol. The number of methoxy groups -OCH3 is 1. The topological polar surface area (TPSA) is 27.1 Å². The lowest BCUT2D eigenvalue weighted by Gasteiger charge is -2.06. The van der Waals surface area contributed by atoms with Crippen LogP contribution in [0.25, 0.3) is 23.2 Å². The minimum Gasteiger partial charge on any atom is -0.497 e. The molecule has 0 N–H and O–H groups in total. The third kappa shape index (κ3) is 3.34. The molecular weight excluding hydrogens is 284 g/mol. The van der Waals surface area contributed by atoms with Crippen molar-refractivity contribution in [2.45, 2.75) is 13.5 Å². The van der Waals surface area contributed by atoms with Crippen molar-refractivity contribution in [2.24, 2.45) is 0 Å². The highest BCUT2D eigenvalue weighted by molar-refractivity contribution is 5.80. The zero-order valence-electron chi connectivity index (χ0n) is 13.5. The number of nitrogens with zero attached hydrogens (tertiary/aromatic N) is 2. The van der Waals surface area contributed by atoms with Crippen molar-refractivity contribution in [3.63, 3.8) is 0 Å². The van der Waals surface area contributed by atoms with Gasteiger partial charge in [-0.15, -0.1) is 0 Å². The molecule has 0 unspecified atom stereocenters. The number of hydrogen-bond donors (Lipinski definition) is 0. The van der Waals surface area contributed by atoms with Gasteiger partial charge in [0.1, 0.15) is 11.6 Å². The van der Waals surface area contributed by atoms with E-state index in [2.05, 4.69) is 23.3 Å². The molecule has 0 radical (unpaired) electrons. The minimum absolute atomic E-state index is 0.767. The molecular formula is C20H20N2O. The number of rotatable bonds is 5. The van der Waals surface area contributed by atoms with Crippen LogP contribution in [0.15, 0.2) is 60.7 Å². The van der Waals surface area contributed by atoms with E-state index in [-0.39, 0.29) is 0 Å². The summed E-state index contributed by atoms with van der Waals surface area (Å²) in [5.74, 6) is 1.79. The lowest BCUT2D eigenvalue weighted by Crippen LogP contribution is -2.00. The molecule has 1 aromatic heterocycles. The molecule has 116 valence electrons. The van der Waals surface area contributed by atoms with Crippen molar-refractivity contribution in [1.29, 1.82) is 0 Å². The highest BCUT2D eigenvalue weighted by Crippen LogP contribution is 2.20. The average molecular weight is 304 g/mol. The Morgan fingerprint density at radius 2 is 1.87 bits per heavy atom. The second-order valence-corrected chi connectivity index (χ2v) is 5.61. The number of ether oxygens (including phenoxy) is 1. The molecule has 3 aromatic rings. The SMILES string of the molecule is C=C(C)Cn1c(C=Cc2ccc(OC)cc2)nc2ccccc21. The monoisotopic (exact) mass is 304 g/mol. The molecule has 2 aromatic carbocycles. The van der Waals surface area contributed by atoms with E-state index < -0.39 is 0 Å². The maximum absolute atomic E-state index is 5.18. The first kappa shape index (κ1) is 15.1. The first-order valence-electron chi connectivity index (χ1n) is 7.59. The van der Waals surface area contributed by atoms with Crippen LogP contribution in [0.2, 0.25) is 0 Å². The van der Waals surface area contributed by atoms with E-state index in [0.29, 0.717) is 0 Å². The quantitative estimate of drug-likeness (QED) is 0.634. The van der Waals surface area contributed by atoms with Gasteiger partial charge in [-0.1, -0.05) is 42.5 Å². The van der Waals surface area contributed by atoms with Gasteiger partial charge in [0, 0.05) is 6.54 Å². The van der Waals surface area contributed by atoms with Crippen molar-refractivity contribution in [3.05, 3.63) is 72.1 Å². The zero-order chi connectivity index (χ0) is 16.2. The third-order valence-electron chi connectivity index (χ3n) is 3.65. The predicted octanol–water partition coefficient (Wildman–Crippen LogP) is 4.79. The molecule has 0 amide bonds. The Morgan fingerprint density at radius 1 is 1.13 bits per heavy atom. The van der Waals surface area contributed by atoms with E-state index >= 15 is 0 Å². The van der Waals surface area contributed by atoms with Crippen molar-refractivity contribution in [3.8, 4) is 5.75 Å². The molecule has 0 atom stereocenters. The largest absolute Gasteiger partial charge is 0.497 e. The van der Waals surface area contributed by atoms with Gasteiger partial charge in [-0.3, -0.25) is 0 Å². The van der Waals surface area contributed by atoms with Gasteiger partial charge in [0.05, 0.1) is 18.1 Å². The Kier molecular flexibility index (Phi) is 4.29. The van der Waals surface area contributed by atoms with Gasteiger partial charge in [0.15, 0.2) is 0 Å². The van der Waals surface area contributed by atoms with Crippen LogP contribution < -0.4 is 4.74 Å². The summed E-state index contributed by atoms with van der Waals surface area (Å²) in [5.41, 5.74) is 4.35. The van der Waals surface area contributed by atoms with E-state index in [4.69, 9.17) is 9.72 Å². The molecule has 3 heteroatoms. The molecule has 0 fully saturated rings. The molecule has 23 heavy (non-hydrogen) atoms. The van der Waals surface area contributed by atoms with Gasteiger partial charge in [-0.05, 0) is 42.8 Å². The second kappa shape index (κ2) is 6.53. The molecule has 1 heterocycles. The molecule has 3 nitrogen and oxygen atoms in total. The van der Waals surface area contributed by atoms with Crippen LogP contribution >= 0.6 is 0 Å².